The molecule has 1 aromatic carbocycles. The molecule has 22 heavy (non-hydrogen) atoms. The molecule has 2 aliphatic rings. The highest BCUT2D eigenvalue weighted by molar-refractivity contribution is 7.87. The Morgan fingerprint density at radius 2 is 1.68 bits per heavy atom. The van der Waals surface area contributed by atoms with E-state index < -0.39 is 15.5 Å². The SMILES string of the molecule is O=C1CC(S(=O)(=O)F)CN1c1ccc(N2CCOCC2)cc1. The Kier molecular flexibility index (Phi) is 4.05. The quantitative estimate of drug-likeness (QED) is 0.772. The molecule has 2 fully saturated rings. The summed E-state index contributed by atoms with van der Waals surface area (Å²) in [5, 5.41) is -1.26. The molecule has 6 nitrogen and oxygen atoms in total. The molecule has 0 bridgehead atoms. The van der Waals surface area contributed by atoms with Gasteiger partial charge in [0.2, 0.25) is 5.91 Å². The lowest BCUT2D eigenvalue weighted by molar-refractivity contribution is -0.117. The minimum atomic E-state index is -4.69. The summed E-state index contributed by atoms with van der Waals surface area (Å²) >= 11 is 0. The summed E-state index contributed by atoms with van der Waals surface area (Å²) < 4.78 is 40.2. The number of hydrogen-bond acceptors (Lipinski definition) is 5. The first-order valence-electron chi connectivity index (χ1n) is 7.12. The van der Waals surface area contributed by atoms with E-state index in [1.807, 2.05) is 12.1 Å². The Morgan fingerprint density at radius 1 is 1.09 bits per heavy atom. The van der Waals surface area contributed by atoms with Crippen molar-refractivity contribution in [1.29, 1.82) is 0 Å². The van der Waals surface area contributed by atoms with Gasteiger partial charge in [0.25, 0.3) is 0 Å². The highest BCUT2D eigenvalue weighted by atomic mass is 32.3. The van der Waals surface area contributed by atoms with Crippen molar-refractivity contribution >= 4 is 27.5 Å². The fourth-order valence-electron chi connectivity index (χ4n) is 2.78. The molecule has 2 heterocycles. The van der Waals surface area contributed by atoms with Crippen molar-refractivity contribution in [2.45, 2.75) is 11.7 Å². The van der Waals surface area contributed by atoms with Crippen LogP contribution in [0.15, 0.2) is 24.3 Å². The minimum absolute atomic E-state index is 0.130. The van der Waals surface area contributed by atoms with E-state index in [-0.39, 0.29) is 18.9 Å². The van der Waals surface area contributed by atoms with Crippen LogP contribution >= 0.6 is 0 Å². The third-order valence-corrected chi connectivity index (χ3v) is 5.14. The molecular formula is C14H17FN2O4S. The zero-order valence-corrected chi connectivity index (χ0v) is 12.8. The number of carbonyl (C=O) groups excluding carboxylic acids is 1. The number of rotatable bonds is 3. The van der Waals surface area contributed by atoms with Crippen molar-refractivity contribution in [3.05, 3.63) is 24.3 Å². The van der Waals surface area contributed by atoms with E-state index in [4.69, 9.17) is 4.74 Å². The molecule has 120 valence electrons. The second-order valence-electron chi connectivity index (χ2n) is 5.42. The summed E-state index contributed by atoms with van der Waals surface area (Å²) in [4.78, 5) is 15.4. The molecule has 0 radical (unpaired) electrons. The van der Waals surface area contributed by atoms with Crippen molar-refractivity contribution in [3.63, 3.8) is 0 Å². The standard InChI is InChI=1S/C14H17FN2O4S/c15-22(19,20)13-9-14(18)17(10-13)12-3-1-11(2-4-12)16-5-7-21-8-6-16/h1-4,13H,5-10H2. The maximum atomic E-state index is 13.0. The van der Waals surface area contributed by atoms with Gasteiger partial charge in [-0.25, -0.2) is 0 Å². The number of carbonyl (C=O) groups is 1. The second-order valence-corrected chi connectivity index (χ2v) is 7.04. The monoisotopic (exact) mass is 328 g/mol. The number of ether oxygens (including phenoxy) is 1. The fourth-order valence-corrected chi connectivity index (χ4v) is 3.45. The number of benzene rings is 1. The van der Waals surface area contributed by atoms with E-state index >= 15 is 0 Å². The highest BCUT2D eigenvalue weighted by Gasteiger charge is 2.39. The van der Waals surface area contributed by atoms with Crippen LogP contribution in [0.4, 0.5) is 15.3 Å². The maximum absolute atomic E-state index is 13.0. The van der Waals surface area contributed by atoms with Crippen molar-refractivity contribution in [2.75, 3.05) is 42.6 Å². The average Bonchev–Trinajstić information content (AvgIpc) is 2.90. The fraction of sp³-hybridized carbons (Fsp3) is 0.500. The van der Waals surface area contributed by atoms with Crippen molar-refractivity contribution in [3.8, 4) is 0 Å². The lowest BCUT2D eigenvalue weighted by Crippen LogP contribution is -2.36. The topological polar surface area (TPSA) is 66.9 Å². The van der Waals surface area contributed by atoms with E-state index in [0.717, 1.165) is 18.8 Å². The molecule has 1 amide bonds. The lowest BCUT2D eigenvalue weighted by atomic mass is 10.2. The van der Waals surface area contributed by atoms with Crippen LogP contribution in [0.5, 0.6) is 0 Å². The number of nitrogens with zero attached hydrogens (tertiary/aromatic N) is 2. The molecular weight excluding hydrogens is 311 g/mol. The van der Waals surface area contributed by atoms with Crippen LogP contribution < -0.4 is 9.80 Å². The summed E-state index contributed by atoms with van der Waals surface area (Å²) in [6.07, 6.45) is -0.302. The van der Waals surface area contributed by atoms with Crippen LogP contribution in [0.2, 0.25) is 0 Å². The third-order valence-electron chi connectivity index (χ3n) is 4.03. The van der Waals surface area contributed by atoms with E-state index in [2.05, 4.69) is 4.90 Å². The molecule has 0 saturated carbocycles. The zero-order valence-electron chi connectivity index (χ0n) is 11.9. The van der Waals surface area contributed by atoms with Gasteiger partial charge in [-0.1, -0.05) is 0 Å². The molecule has 1 unspecified atom stereocenters. The maximum Gasteiger partial charge on any atom is 0.307 e. The van der Waals surface area contributed by atoms with Crippen molar-refractivity contribution in [1.82, 2.24) is 0 Å². The molecule has 1 atom stereocenters. The molecule has 0 aliphatic carbocycles. The first-order chi connectivity index (χ1) is 10.4. The Balaban J connectivity index is 1.74. The highest BCUT2D eigenvalue weighted by Crippen LogP contribution is 2.28. The number of hydrogen-bond donors (Lipinski definition) is 0. The van der Waals surface area contributed by atoms with Gasteiger partial charge in [-0.3, -0.25) is 4.79 Å². The van der Waals surface area contributed by atoms with Crippen LogP contribution in [0.1, 0.15) is 6.42 Å². The smallest absolute Gasteiger partial charge is 0.307 e. The summed E-state index contributed by atoms with van der Waals surface area (Å²) in [6.45, 7) is 2.85. The molecule has 1 aromatic rings. The molecule has 2 saturated heterocycles. The normalized spacial score (nSPS) is 23.1. The van der Waals surface area contributed by atoms with E-state index in [9.17, 15) is 17.1 Å². The van der Waals surface area contributed by atoms with Crippen LogP contribution in [0.3, 0.4) is 0 Å². The largest absolute Gasteiger partial charge is 0.378 e. The minimum Gasteiger partial charge on any atom is -0.378 e. The summed E-state index contributed by atoms with van der Waals surface area (Å²) in [7, 11) is -4.69. The Labute approximate surface area is 128 Å². The van der Waals surface area contributed by atoms with Crippen molar-refractivity contribution < 1.29 is 21.8 Å². The Hall–Kier alpha value is -1.67. The molecule has 0 N–H and O–H groups in total. The van der Waals surface area contributed by atoms with Crippen LogP contribution in [-0.4, -0.2) is 52.4 Å². The van der Waals surface area contributed by atoms with Crippen LogP contribution in [0.25, 0.3) is 0 Å². The van der Waals surface area contributed by atoms with Gasteiger partial charge in [0.15, 0.2) is 0 Å². The van der Waals surface area contributed by atoms with Gasteiger partial charge in [-0.05, 0) is 24.3 Å². The van der Waals surface area contributed by atoms with E-state index in [1.165, 1.54) is 4.90 Å². The zero-order chi connectivity index (χ0) is 15.7. The van der Waals surface area contributed by atoms with Crippen LogP contribution in [-0.2, 0) is 19.8 Å². The van der Waals surface area contributed by atoms with Gasteiger partial charge in [-0.15, -0.1) is 3.89 Å². The average molecular weight is 328 g/mol. The summed E-state index contributed by atoms with van der Waals surface area (Å²) in [5.41, 5.74) is 1.61. The Morgan fingerprint density at radius 3 is 2.23 bits per heavy atom. The number of anilines is 2. The Bertz CT molecular complexity index is 656. The predicted octanol–water partition coefficient (Wildman–Crippen LogP) is 0.928. The summed E-state index contributed by atoms with van der Waals surface area (Å²) in [5.74, 6) is -0.370. The van der Waals surface area contributed by atoms with Gasteiger partial charge in [0, 0.05) is 37.4 Å². The summed E-state index contributed by atoms with van der Waals surface area (Å²) in [6, 6.07) is 7.28. The van der Waals surface area contributed by atoms with Gasteiger partial charge >= 0.3 is 10.2 Å². The van der Waals surface area contributed by atoms with E-state index in [0.29, 0.717) is 18.9 Å². The van der Waals surface area contributed by atoms with Gasteiger partial charge in [-0.2, -0.15) is 8.42 Å². The second kappa shape index (κ2) is 5.85. The number of amides is 1. The number of halogens is 1. The van der Waals surface area contributed by atoms with Crippen LogP contribution in [0, 0.1) is 0 Å². The molecule has 8 heteroatoms. The third kappa shape index (κ3) is 3.07. The van der Waals surface area contributed by atoms with E-state index in [1.54, 1.807) is 12.1 Å². The van der Waals surface area contributed by atoms with Crippen molar-refractivity contribution in [2.24, 2.45) is 0 Å². The van der Waals surface area contributed by atoms with Gasteiger partial charge in [0.1, 0.15) is 5.25 Å². The lowest BCUT2D eigenvalue weighted by Gasteiger charge is -2.29. The van der Waals surface area contributed by atoms with Gasteiger partial charge < -0.3 is 14.5 Å². The molecule has 0 spiro atoms. The number of morpholine rings is 1. The predicted molar refractivity (Wildman–Crippen MR) is 80.3 cm³/mol. The molecule has 2 aliphatic heterocycles. The van der Waals surface area contributed by atoms with Gasteiger partial charge in [0.05, 0.1) is 13.2 Å². The first-order valence-corrected chi connectivity index (χ1v) is 8.56. The first kappa shape index (κ1) is 15.2. The molecule has 3 rings (SSSR count). The molecule has 0 aromatic heterocycles.